The fourth-order valence-corrected chi connectivity index (χ4v) is 7.13. The molecule has 0 aromatic carbocycles. The topological polar surface area (TPSA) is 93.1 Å². The molecule has 3 aliphatic carbocycles. The van der Waals surface area contributed by atoms with E-state index in [1.807, 2.05) is 0 Å². The van der Waals surface area contributed by atoms with Crippen molar-refractivity contribution in [3.8, 4) is 0 Å². The van der Waals surface area contributed by atoms with Crippen LogP contribution in [0.3, 0.4) is 0 Å². The summed E-state index contributed by atoms with van der Waals surface area (Å²) in [5.74, 6) is 0.788. The Morgan fingerprint density at radius 3 is 2.59 bits per heavy atom. The lowest BCUT2D eigenvalue weighted by molar-refractivity contribution is -0.180. The SMILES string of the molecule is CC1C(OC(=O)C2=NN(C3CCS(=O)(=O)C3)C(=O)CC2)CC2CC1C2(C)C. The first-order valence-corrected chi connectivity index (χ1v) is 11.7. The van der Waals surface area contributed by atoms with Crippen molar-refractivity contribution in [2.75, 3.05) is 11.5 Å². The third kappa shape index (κ3) is 3.19. The number of hydrazone groups is 1. The van der Waals surface area contributed by atoms with E-state index in [1.165, 1.54) is 11.4 Å². The van der Waals surface area contributed by atoms with E-state index < -0.39 is 21.8 Å². The summed E-state index contributed by atoms with van der Waals surface area (Å²) in [5, 5.41) is 5.44. The molecule has 2 aliphatic heterocycles. The van der Waals surface area contributed by atoms with Crippen LogP contribution in [0.1, 0.15) is 52.9 Å². The Balaban J connectivity index is 1.44. The minimum atomic E-state index is -3.13. The quantitative estimate of drug-likeness (QED) is 0.678. The third-order valence-electron chi connectivity index (χ3n) is 7.39. The van der Waals surface area contributed by atoms with Gasteiger partial charge in [0.25, 0.3) is 0 Å². The van der Waals surface area contributed by atoms with Gasteiger partial charge in [-0.05, 0) is 42.4 Å². The molecule has 3 saturated carbocycles. The number of carbonyl (C=O) groups is 2. The van der Waals surface area contributed by atoms with Gasteiger partial charge in [-0.2, -0.15) is 5.10 Å². The number of nitrogens with zero attached hydrogens (tertiary/aromatic N) is 2. The molecule has 5 rings (SSSR count). The van der Waals surface area contributed by atoms with Gasteiger partial charge in [-0.15, -0.1) is 0 Å². The molecule has 5 aliphatic rings. The van der Waals surface area contributed by atoms with Gasteiger partial charge in [-0.25, -0.2) is 18.2 Å². The molecule has 0 spiro atoms. The Hall–Kier alpha value is -1.44. The molecule has 2 bridgehead atoms. The summed E-state index contributed by atoms with van der Waals surface area (Å²) in [6.07, 6.45) is 2.79. The number of esters is 1. The van der Waals surface area contributed by atoms with Crippen LogP contribution in [-0.4, -0.2) is 54.7 Å². The lowest BCUT2D eigenvalue weighted by atomic mass is 9.45. The van der Waals surface area contributed by atoms with Gasteiger partial charge in [0.2, 0.25) is 5.91 Å². The molecule has 8 heteroatoms. The van der Waals surface area contributed by atoms with Crippen LogP contribution >= 0.6 is 0 Å². The number of sulfone groups is 1. The average molecular weight is 397 g/mol. The van der Waals surface area contributed by atoms with Gasteiger partial charge in [0.1, 0.15) is 11.8 Å². The van der Waals surface area contributed by atoms with Crippen LogP contribution in [0.15, 0.2) is 5.10 Å². The molecule has 0 aromatic heterocycles. The maximum Gasteiger partial charge on any atom is 0.354 e. The second-order valence-corrected chi connectivity index (χ2v) is 11.5. The zero-order chi connectivity index (χ0) is 19.6. The highest BCUT2D eigenvalue weighted by atomic mass is 32.2. The van der Waals surface area contributed by atoms with Crippen molar-refractivity contribution in [3.05, 3.63) is 0 Å². The van der Waals surface area contributed by atoms with E-state index in [4.69, 9.17) is 4.74 Å². The van der Waals surface area contributed by atoms with Gasteiger partial charge >= 0.3 is 5.97 Å². The number of hydrogen-bond acceptors (Lipinski definition) is 6. The molecular formula is C19H28N2O5S. The summed E-state index contributed by atoms with van der Waals surface area (Å²) in [6.45, 7) is 6.75. The van der Waals surface area contributed by atoms with E-state index in [9.17, 15) is 18.0 Å². The van der Waals surface area contributed by atoms with E-state index in [1.54, 1.807) is 0 Å². The first kappa shape index (κ1) is 18.9. The number of fused-ring (bicyclic) bond motifs is 2. The van der Waals surface area contributed by atoms with Crippen molar-refractivity contribution in [2.45, 2.75) is 65.0 Å². The zero-order valence-electron chi connectivity index (χ0n) is 16.2. The first-order valence-electron chi connectivity index (χ1n) is 9.89. The fraction of sp³-hybridized carbons (Fsp3) is 0.842. The maximum absolute atomic E-state index is 12.7. The van der Waals surface area contributed by atoms with Gasteiger partial charge in [0.15, 0.2) is 9.84 Å². The monoisotopic (exact) mass is 396 g/mol. The summed E-state index contributed by atoms with van der Waals surface area (Å²) in [7, 11) is -3.13. The number of carbonyl (C=O) groups excluding carboxylic acids is 2. The molecule has 5 atom stereocenters. The standard InChI is InChI=1S/C19H28N2O5S/c1-11-14-8-12(19(14,2)3)9-16(11)26-18(23)15-4-5-17(22)21(20-15)13-6-7-27(24,25)10-13/h11-14,16H,4-10H2,1-3H3. The van der Waals surface area contributed by atoms with Gasteiger partial charge in [0, 0.05) is 12.8 Å². The number of ether oxygens (including phenoxy) is 1. The van der Waals surface area contributed by atoms with Crippen LogP contribution in [-0.2, 0) is 24.2 Å². The van der Waals surface area contributed by atoms with Crippen molar-refractivity contribution in [1.29, 1.82) is 0 Å². The fourth-order valence-electron chi connectivity index (χ4n) is 5.44. The molecule has 5 unspecified atom stereocenters. The molecule has 27 heavy (non-hydrogen) atoms. The highest BCUT2D eigenvalue weighted by molar-refractivity contribution is 7.91. The van der Waals surface area contributed by atoms with E-state index >= 15 is 0 Å². The number of rotatable bonds is 3. The van der Waals surface area contributed by atoms with E-state index in [0.717, 1.165) is 6.42 Å². The lowest BCUT2D eigenvalue weighted by Gasteiger charge is -2.61. The van der Waals surface area contributed by atoms with E-state index in [0.29, 0.717) is 29.6 Å². The van der Waals surface area contributed by atoms with Crippen molar-refractivity contribution in [3.63, 3.8) is 0 Å². The lowest BCUT2D eigenvalue weighted by Crippen LogP contribution is -2.57. The summed E-state index contributed by atoms with van der Waals surface area (Å²) in [6, 6.07) is -0.465. The van der Waals surface area contributed by atoms with Gasteiger partial charge in [-0.3, -0.25) is 4.79 Å². The molecular weight excluding hydrogens is 368 g/mol. The number of amides is 1. The summed E-state index contributed by atoms with van der Waals surface area (Å²) in [4.78, 5) is 24.9. The maximum atomic E-state index is 12.7. The van der Waals surface area contributed by atoms with Crippen molar-refractivity contribution < 1.29 is 22.7 Å². The van der Waals surface area contributed by atoms with Gasteiger partial charge < -0.3 is 4.74 Å². The minimum absolute atomic E-state index is 0.0644. The van der Waals surface area contributed by atoms with Gasteiger partial charge in [-0.1, -0.05) is 20.8 Å². The predicted molar refractivity (Wildman–Crippen MR) is 99.6 cm³/mol. The molecule has 0 radical (unpaired) electrons. The van der Waals surface area contributed by atoms with Gasteiger partial charge in [0.05, 0.1) is 17.5 Å². The first-order chi connectivity index (χ1) is 12.6. The highest BCUT2D eigenvalue weighted by Gasteiger charge is 2.57. The molecule has 0 N–H and O–H groups in total. The highest BCUT2D eigenvalue weighted by Crippen LogP contribution is 2.61. The average Bonchev–Trinajstić information content (AvgIpc) is 2.96. The Morgan fingerprint density at radius 2 is 2.00 bits per heavy atom. The van der Waals surface area contributed by atoms with Crippen LogP contribution in [0.2, 0.25) is 0 Å². The van der Waals surface area contributed by atoms with Crippen LogP contribution < -0.4 is 0 Å². The molecule has 7 nitrogen and oxygen atoms in total. The van der Waals surface area contributed by atoms with Crippen LogP contribution in [0, 0.1) is 23.2 Å². The molecule has 1 amide bonds. The van der Waals surface area contributed by atoms with Crippen LogP contribution in [0.5, 0.6) is 0 Å². The number of hydrogen-bond donors (Lipinski definition) is 0. The normalized spacial score (nSPS) is 39.5. The summed E-state index contributed by atoms with van der Waals surface area (Å²) in [5.41, 5.74) is 0.562. The zero-order valence-corrected chi connectivity index (χ0v) is 17.0. The van der Waals surface area contributed by atoms with E-state index in [2.05, 4.69) is 25.9 Å². The predicted octanol–water partition coefficient (Wildman–Crippen LogP) is 1.77. The second-order valence-electron chi connectivity index (χ2n) is 9.24. The van der Waals surface area contributed by atoms with Crippen molar-refractivity contribution in [2.24, 2.45) is 28.3 Å². The van der Waals surface area contributed by atoms with E-state index in [-0.39, 0.29) is 42.1 Å². The largest absolute Gasteiger partial charge is 0.458 e. The molecule has 2 heterocycles. The minimum Gasteiger partial charge on any atom is -0.458 e. The smallest absolute Gasteiger partial charge is 0.354 e. The Labute approximate surface area is 160 Å². The van der Waals surface area contributed by atoms with Crippen molar-refractivity contribution in [1.82, 2.24) is 5.01 Å². The summed E-state index contributed by atoms with van der Waals surface area (Å²) < 4.78 is 29.2. The second kappa shape index (κ2) is 6.29. The Morgan fingerprint density at radius 1 is 1.26 bits per heavy atom. The molecule has 4 fully saturated rings. The van der Waals surface area contributed by atoms with Crippen molar-refractivity contribution >= 4 is 27.4 Å². The molecule has 1 saturated heterocycles. The third-order valence-corrected chi connectivity index (χ3v) is 9.14. The molecule has 0 aromatic rings. The van der Waals surface area contributed by atoms with Crippen LogP contribution in [0.25, 0.3) is 0 Å². The Kier molecular flexibility index (Phi) is 4.40. The van der Waals surface area contributed by atoms with Crippen LogP contribution in [0.4, 0.5) is 0 Å². The molecule has 150 valence electrons. The Bertz CT molecular complexity index is 803. The summed E-state index contributed by atoms with van der Waals surface area (Å²) >= 11 is 0.